The second-order valence-electron chi connectivity index (χ2n) is 6.46. The van der Waals surface area contributed by atoms with E-state index in [1.165, 1.54) is 6.92 Å². The number of Topliss-reactive ketones (excluding diaryl/α,β-unsaturated/α-hetero) is 1. The Kier molecular flexibility index (Phi) is 5.19. The molecule has 124 valence electrons. The van der Waals surface area contributed by atoms with E-state index in [0.717, 1.165) is 11.3 Å². The van der Waals surface area contributed by atoms with Gasteiger partial charge < -0.3 is 10.1 Å². The summed E-state index contributed by atoms with van der Waals surface area (Å²) in [6.45, 7) is 5.42. The summed E-state index contributed by atoms with van der Waals surface area (Å²) in [6, 6.07) is 7.56. The first-order valence-corrected chi connectivity index (χ1v) is 7.91. The number of benzene rings is 1. The molecule has 0 radical (unpaired) electrons. The Balaban J connectivity index is 2.05. The van der Waals surface area contributed by atoms with E-state index < -0.39 is 11.6 Å². The van der Waals surface area contributed by atoms with Crippen LogP contribution in [0.4, 0.5) is 5.69 Å². The lowest BCUT2D eigenvalue weighted by atomic mass is 9.78. The molecule has 1 N–H and O–H groups in total. The molecule has 1 unspecified atom stereocenters. The zero-order chi connectivity index (χ0) is 17.0. The molecular formula is C18H23NO4. The van der Waals surface area contributed by atoms with Gasteiger partial charge in [0.2, 0.25) is 5.91 Å². The molecule has 0 spiro atoms. The number of ketones is 1. The van der Waals surface area contributed by atoms with Crippen LogP contribution in [0.2, 0.25) is 0 Å². The molecule has 1 aromatic carbocycles. The lowest BCUT2D eigenvalue weighted by molar-refractivity contribution is -0.177. The van der Waals surface area contributed by atoms with Gasteiger partial charge in [-0.15, -0.1) is 0 Å². The third kappa shape index (κ3) is 4.41. The Morgan fingerprint density at radius 3 is 2.43 bits per heavy atom. The second kappa shape index (κ2) is 6.94. The Morgan fingerprint density at radius 2 is 1.91 bits per heavy atom. The van der Waals surface area contributed by atoms with Crippen LogP contribution in [-0.2, 0) is 25.5 Å². The highest BCUT2D eigenvalue weighted by Gasteiger charge is 2.43. The molecule has 0 aromatic heterocycles. The molecule has 0 saturated carbocycles. The Morgan fingerprint density at radius 1 is 1.26 bits per heavy atom. The quantitative estimate of drug-likeness (QED) is 0.669. The van der Waals surface area contributed by atoms with Crippen LogP contribution in [0.25, 0.3) is 0 Å². The predicted octanol–water partition coefficient (Wildman–Crippen LogP) is 2.88. The van der Waals surface area contributed by atoms with Gasteiger partial charge in [0.15, 0.2) is 0 Å². The summed E-state index contributed by atoms with van der Waals surface area (Å²) in [5.41, 5.74) is 1.12. The fourth-order valence-electron chi connectivity index (χ4n) is 2.92. The number of carbonyl (C=O) groups is 3. The minimum atomic E-state index is -0.706. The number of anilines is 1. The van der Waals surface area contributed by atoms with Gasteiger partial charge >= 0.3 is 5.97 Å². The molecule has 1 saturated heterocycles. The van der Waals surface area contributed by atoms with Gasteiger partial charge in [-0.3, -0.25) is 14.4 Å². The molecule has 23 heavy (non-hydrogen) atoms. The minimum Gasteiger partial charge on any atom is -0.458 e. The van der Waals surface area contributed by atoms with Crippen molar-refractivity contribution in [3.63, 3.8) is 0 Å². The number of ether oxygens (including phenoxy) is 1. The molecule has 5 heteroatoms. The van der Waals surface area contributed by atoms with Gasteiger partial charge in [-0.05, 0) is 36.5 Å². The summed E-state index contributed by atoms with van der Waals surface area (Å²) in [6.07, 6.45) is 1.50. The number of amides is 1. The van der Waals surface area contributed by atoms with Crippen LogP contribution < -0.4 is 5.32 Å². The molecule has 1 aliphatic rings. The van der Waals surface area contributed by atoms with Crippen LogP contribution in [0.5, 0.6) is 0 Å². The summed E-state index contributed by atoms with van der Waals surface area (Å²) in [5, 5.41) is 2.72. The highest BCUT2D eigenvalue weighted by Crippen LogP contribution is 2.35. The summed E-state index contributed by atoms with van der Waals surface area (Å²) < 4.78 is 5.59. The fraction of sp³-hybridized carbons (Fsp3) is 0.500. The number of aryl methyl sites for hydroxylation is 1. The van der Waals surface area contributed by atoms with Gasteiger partial charge in [-0.25, -0.2) is 0 Å². The molecule has 5 nitrogen and oxygen atoms in total. The van der Waals surface area contributed by atoms with E-state index in [-0.39, 0.29) is 24.0 Å². The normalized spacial score (nSPS) is 21.2. The van der Waals surface area contributed by atoms with Crippen molar-refractivity contribution in [2.24, 2.45) is 5.92 Å². The third-order valence-corrected chi connectivity index (χ3v) is 4.32. The van der Waals surface area contributed by atoms with Crippen LogP contribution >= 0.6 is 0 Å². The van der Waals surface area contributed by atoms with E-state index in [0.29, 0.717) is 19.3 Å². The van der Waals surface area contributed by atoms with Gasteiger partial charge in [0.05, 0.1) is 0 Å². The predicted molar refractivity (Wildman–Crippen MR) is 87.0 cm³/mol. The largest absolute Gasteiger partial charge is 0.458 e. The molecule has 1 amide bonds. The number of rotatable bonds is 5. The third-order valence-electron chi connectivity index (χ3n) is 4.32. The lowest BCUT2D eigenvalue weighted by Gasteiger charge is -2.39. The minimum absolute atomic E-state index is 0.0454. The van der Waals surface area contributed by atoms with Crippen LogP contribution in [-0.4, -0.2) is 23.3 Å². The van der Waals surface area contributed by atoms with E-state index >= 15 is 0 Å². The number of nitrogens with one attached hydrogen (secondary N) is 1. The van der Waals surface area contributed by atoms with Crippen LogP contribution in [0.15, 0.2) is 24.3 Å². The van der Waals surface area contributed by atoms with Gasteiger partial charge in [0.25, 0.3) is 0 Å². The van der Waals surface area contributed by atoms with E-state index in [9.17, 15) is 14.4 Å². The number of carbonyl (C=O) groups excluding carboxylic acids is 3. The molecule has 0 bridgehead atoms. The molecule has 1 aliphatic heterocycles. The average Bonchev–Trinajstić information content (AvgIpc) is 2.45. The molecule has 0 aliphatic carbocycles. The van der Waals surface area contributed by atoms with Gasteiger partial charge in [0.1, 0.15) is 17.8 Å². The summed E-state index contributed by atoms with van der Waals surface area (Å²) in [7, 11) is 0. The summed E-state index contributed by atoms with van der Waals surface area (Å²) in [4.78, 5) is 34.5. The summed E-state index contributed by atoms with van der Waals surface area (Å²) >= 11 is 0. The standard InChI is InChI=1S/C18H23NO4/c1-12(2)18(11-16(21)10-17(22)23-18)9-8-14-4-6-15(7-5-14)19-13(3)20/h4-7,12H,8-11H2,1-3H3,(H,19,20). The monoisotopic (exact) mass is 317 g/mol. The Bertz CT molecular complexity index is 588. The van der Waals surface area contributed by atoms with Gasteiger partial charge in [-0.2, -0.15) is 0 Å². The maximum Gasteiger partial charge on any atom is 0.313 e. The van der Waals surface area contributed by atoms with Crippen molar-refractivity contribution >= 4 is 23.3 Å². The van der Waals surface area contributed by atoms with E-state index in [2.05, 4.69) is 5.32 Å². The van der Waals surface area contributed by atoms with Crippen molar-refractivity contribution in [2.75, 3.05) is 5.32 Å². The van der Waals surface area contributed by atoms with Crippen LogP contribution in [0.3, 0.4) is 0 Å². The molecule has 2 rings (SSSR count). The fourth-order valence-corrected chi connectivity index (χ4v) is 2.92. The average molecular weight is 317 g/mol. The molecule has 1 aromatic rings. The first-order valence-electron chi connectivity index (χ1n) is 7.91. The van der Waals surface area contributed by atoms with Crippen molar-refractivity contribution < 1.29 is 19.1 Å². The number of hydrogen-bond acceptors (Lipinski definition) is 4. The zero-order valence-corrected chi connectivity index (χ0v) is 13.8. The van der Waals surface area contributed by atoms with Gasteiger partial charge in [-0.1, -0.05) is 26.0 Å². The van der Waals surface area contributed by atoms with E-state index in [4.69, 9.17) is 4.74 Å². The van der Waals surface area contributed by atoms with E-state index in [1.807, 2.05) is 38.1 Å². The number of cyclic esters (lactones) is 1. The Hall–Kier alpha value is -2.17. The first-order chi connectivity index (χ1) is 10.8. The SMILES string of the molecule is CC(=O)Nc1ccc(CCC2(C(C)C)CC(=O)CC(=O)O2)cc1. The van der Waals surface area contributed by atoms with Gasteiger partial charge in [0, 0.05) is 19.0 Å². The molecule has 1 heterocycles. The highest BCUT2D eigenvalue weighted by molar-refractivity contribution is 5.98. The van der Waals surface area contributed by atoms with Crippen molar-refractivity contribution in [2.45, 2.75) is 52.1 Å². The van der Waals surface area contributed by atoms with Crippen LogP contribution in [0, 0.1) is 5.92 Å². The van der Waals surface area contributed by atoms with E-state index in [1.54, 1.807) is 0 Å². The molecule has 1 atom stereocenters. The number of esters is 1. The maximum absolute atomic E-state index is 11.8. The highest BCUT2D eigenvalue weighted by atomic mass is 16.6. The van der Waals surface area contributed by atoms with Crippen molar-refractivity contribution in [3.8, 4) is 0 Å². The molecule has 1 fully saturated rings. The first kappa shape index (κ1) is 17.2. The number of hydrogen-bond donors (Lipinski definition) is 1. The topological polar surface area (TPSA) is 72.5 Å². The van der Waals surface area contributed by atoms with Crippen molar-refractivity contribution in [3.05, 3.63) is 29.8 Å². The Labute approximate surface area is 136 Å². The summed E-state index contributed by atoms with van der Waals surface area (Å²) in [5.74, 6) is -0.495. The zero-order valence-electron chi connectivity index (χ0n) is 13.8. The van der Waals surface area contributed by atoms with Crippen LogP contribution in [0.1, 0.15) is 45.6 Å². The maximum atomic E-state index is 11.8. The second-order valence-corrected chi connectivity index (χ2v) is 6.46. The molecular weight excluding hydrogens is 294 g/mol. The smallest absolute Gasteiger partial charge is 0.313 e. The van der Waals surface area contributed by atoms with Crippen molar-refractivity contribution in [1.29, 1.82) is 0 Å². The lowest BCUT2D eigenvalue weighted by Crippen LogP contribution is -2.47. The van der Waals surface area contributed by atoms with Crippen molar-refractivity contribution in [1.82, 2.24) is 0 Å².